The summed E-state index contributed by atoms with van der Waals surface area (Å²) in [7, 11) is 0. The molecule has 5 nitrogen and oxygen atoms in total. The highest BCUT2D eigenvalue weighted by Crippen LogP contribution is 2.17. The van der Waals surface area contributed by atoms with E-state index in [1.165, 1.54) is 0 Å². The van der Waals surface area contributed by atoms with Crippen molar-refractivity contribution >= 4 is 22.5 Å². The maximum atomic E-state index is 11.9. The molecule has 0 fully saturated rings. The number of carbonyl (C=O) groups is 1. The number of fused-ring (bicyclic) bond motifs is 1. The van der Waals surface area contributed by atoms with Gasteiger partial charge in [0.15, 0.2) is 0 Å². The van der Waals surface area contributed by atoms with Gasteiger partial charge in [0.1, 0.15) is 0 Å². The van der Waals surface area contributed by atoms with Crippen LogP contribution in [0.3, 0.4) is 0 Å². The number of H-pyrrole nitrogens is 1. The van der Waals surface area contributed by atoms with E-state index < -0.39 is 6.04 Å². The lowest BCUT2D eigenvalue weighted by Gasteiger charge is -2.17. The van der Waals surface area contributed by atoms with Gasteiger partial charge in [0.25, 0.3) is 0 Å². The number of nitrogens with two attached hydrogens (primary N) is 1. The highest BCUT2D eigenvalue weighted by molar-refractivity contribution is 5.96. The Bertz CT molecular complexity index is 549. The summed E-state index contributed by atoms with van der Waals surface area (Å²) < 4.78 is 0. The molecule has 1 aromatic heterocycles. The van der Waals surface area contributed by atoms with E-state index in [0.717, 1.165) is 23.0 Å². The summed E-state index contributed by atoms with van der Waals surface area (Å²) in [5.41, 5.74) is 7.50. The van der Waals surface area contributed by atoms with Crippen molar-refractivity contribution in [1.29, 1.82) is 0 Å². The lowest BCUT2D eigenvalue weighted by molar-refractivity contribution is -0.118. The third-order valence-electron chi connectivity index (χ3n) is 3.27. The van der Waals surface area contributed by atoms with E-state index >= 15 is 0 Å². The molecule has 2 aromatic rings. The smallest absolute Gasteiger partial charge is 0.241 e. The van der Waals surface area contributed by atoms with Gasteiger partial charge in [0.2, 0.25) is 5.91 Å². The van der Waals surface area contributed by atoms with Gasteiger partial charge in [-0.2, -0.15) is 5.10 Å². The lowest BCUT2D eigenvalue weighted by Crippen LogP contribution is -2.40. The molecule has 18 heavy (non-hydrogen) atoms. The minimum atomic E-state index is -0.479. The maximum Gasteiger partial charge on any atom is 0.241 e. The molecular formula is C13H18N4O. The van der Waals surface area contributed by atoms with Gasteiger partial charge in [0, 0.05) is 11.1 Å². The topological polar surface area (TPSA) is 83.8 Å². The molecule has 1 heterocycles. The Kier molecular flexibility index (Phi) is 3.62. The zero-order valence-corrected chi connectivity index (χ0v) is 10.6. The number of amides is 1. The monoisotopic (exact) mass is 246 g/mol. The second-order valence-corrected chi connectivity index (χ2v) is 4.57. The molecule has 0 aliphatic rings. The first-order valence-corrected chi connectivity index (χ1v) is 6.11. The zero-order valence-electron chi connectivity index (χ0n) is 10.6. The van der Waals surface area contributed by atoms with Crippen molar-refractivity contribution < 1.29 is 4.79 Å². The Morgan fingerprint density at radius 2 is 2.33 bits per heavy atom. The van der Waals surface area contributed by atoms with Crippen LogP contribution in [0.1, 0.15) is 20.3 Å². The van der Waals surface area contributed by atoms with Crippen LogP contribution in [-0.2, 0) is 4.79 Å². The predicted octanol–water partition coefficient (Wildman–Crippen LogP) is 1.87. The van der Waals surface area contributed by atoms with Gasteiger partial charge in [0.05, 0.1) is 17.8 Å². The summed E-state index contributed by atoms with van der Waals surface area (Å²) in [5.74, 6) is 0.0177. The number of hydrogen-bond acceptors (Lipinski definition) is 3. The molecule has 0 radical (unpaired) electrons. The van der Waals surface area contributed by atoms with Crippen LogP contribution in [0.4, 0.5) is 5.69 Å². The van der Waals surface area contributed by atoms with Crippen LogP contribution in [0.2, 0.25) is 0 Å². The molecular weight excluding hydrogens is 228 g/mol. The Morgan fingerprint density at radius 1 is 1.56 bits per heavy atom. The largest absolute Gasteiger partial charge is 0.325 e. The third kappa shape index (κ3) is 2.51. The number of nitrogens with one attached hydrogen (secondary N) is 2. The molecule has 5 heteroatoms. The average Bonchev–Trinajstić information content (AvgIpc) is 2.84. The average molecular weight is 246 g/mol. The van der Waals surface area contributed by atoms with Crippen LogP contribution in [0.25, 0.3) is 10.9 Å². The van der Waals surface area contributed by atoms with Crippen LogP contribution in [0.5, 0.6) is 0 Å². The first-order valence-electron chi connectivity index (χ1n) is 6.11. The molecule has 0 aliphatic carbocycles. The van der Waals surface area contributed by atoms with Crippen molar-refractivity contribution in [2.45, 2.75) is 26.3 Å². The van der Waals surface area contributed by atoms with E-state index in [2.05, 4.69) is 15.5 Å². The van der Waals surface area contributed by atoms with Gasteiger partial charge in [-0.25, -0.2) is 0 Å². The Hall–Kier alpha value is -1.88. The fourth-order valence-corrected chi connectivity index (χ4v) is 1.75. The van der Waals surface area contributed by atoms with Gasteiger partial charge in [-0.15, -0.1) is 0 Å². The first kappa shape index (κ1) is 12.6. The summed E-state index contributed by atoms with van der Waals surface area (Å²) in [6, 6.07) is 5.12. The number of anilines is 1. The fourth-order valence-electron chi connectivity index (χ4n) is 1.75. The molecule has 0 saturated heterocycles. The normalized spacial score (nSPS) is 14.4. The van der Waals surface area contributed by atoms with Crippen molar-refractivity contribution in [1.82, 2.24) is 10.2 Å². The quantitative estimate of drug-likeness (QED) is 0.770. The number of rotatable bonds is 4. The third-order valence-corrected chi connectivity index (χ3v) is 3.27. The van der Waals surface area contributed by atoms with Crippen molar-refractivity contribution in [2.75, 3.05) is 5.32 Å². The van der Waals surface area contributed by atoms with Crippen molar-refractivity contribution in [3.8, 4) is 0 Å². The minimum absolute atomic E-state index is 0.150. The van der Waals surface area contributed by atoms with Gasteiger partial charge < -0.3 is 11.1 Å². The summed E-state index contributed by atoms with van der Waals surface area (Å²) >= 11 is 0. The molecule has 1 amide bonds. The number of aromatic amines is 1. The molecule has 0 bridgehead atoms. The number of aromatic nitrogens is 2. The molecule has 1 aromatic carbocycles. The predicted molar refractivity (Wildman–Crippen MR) is 72.2 cm³/mol. The number of benzene rings is 1. The van der Waals surface area contributed by atoms with Crippen LogP contribution < -0.4 is 11.1 Å². The van der Waals surface area contributed by atoms with Crippen LogP contribution in [0.15, 0.2) is 24.4 Å². The highest BCUT2D eigenvalue weighted by Gasteiger charge is 2.19. The highest BCUT2D eigenvalue weighted by atomic mass is 16.2. The summed E-state index contributed by atoms with van der Waals surface area (Å²) in [6.45, 7) is 4.00. The number of nitrogens with zero attached hydrogens (tertiary/aromatic N) is 1. The van der Waals surface area contributed by atoms with E-state index in [9.17, 15) is 4.79 Å². The van der Waals surface area contributed by atoms with Gasteiger partial charge >= 0.3 is 0 Å². The Balaban J connectivity index is 2.10. The summed E-state index contributed by atoms with van der Waals surface area (Å²) in [4.78, 5) is 11.9. The minimum Gasteiger partial charge on any atom is -0.325 e. The van der Waals surface area contributed by atoms with Crippen LogP contribution >= 0.6 is 0 Å². The standard InChI is InChI=1S/C13H18N4O/c1-3-8(2)12(14)13(18)16-10-5-4-9-7-15-17-11(9)6-10/h4-8,12H,3,14H2,1-2H3,(H,15,17)(H,16,18). The molecule has 4 N–H and O–H groups in total. The van der Waals surface area contributed by atoms with E-state index in [1.807, 2.05) is 32.0 Å². The maximum absolute atomic E-state index is 11.9. The van der Waals surface area contributed by atoms with E-state index in [4.69, 9.17) is 5.73 Å². The second kappa shape index (κ2) is 5.18. The summed E-state index contributed by atoms with van der Waals surface area (Å²) in [6.07, 6.45) is 2.62. The zero-order chi connectivity index (χ0) is 13.1. The second-order valence-electron chi connectivity index (χ2n) is 4.57. The van der Waals surface area contributed by atoms with Gasteiger partial charge in [-0.05, 0) is 24.1 Å². The van der Waals surface area contributed by atoms with E-state index in [-0.39, 0.29) is 11.8 Å². The Labute approximate surface area is 106 Å². The Morgan fingerprint density at radius 3 is 3.06 bits per heavy atom. The lowest BCUT2D eigenvalue weighted by atomic mass is 9.99. The summed E-state index contributed by atoms with van der Waals surface area (Å²) in [5, 5.41) is 10.6. The molecule has 0 spiro atoms. The van der Waals surface area contributed by atoms with E-state index in [1.54, 1.807) is 6.20 Å². The van der Waals surface area contributed by atoms with Crippen molar-refractivity contribution in [2.24, 2.45) is 11.7 Å². The van der Waals surface area contributed by atoms with Crippen molar-refractivity contribution in [3.63, 3.8) is 0 Å². The number of hydrogen-bond donors (Lipinski definition) is 3. The van der Waals surface area contributed by atoms with Crippen molar-refractivity contribution in [3.05, 3.63) is 24.4 Å². The molecule has 2 rings (SSSR count). The van der Waals surface area contributed by atoms with Crippen LogP contribution in [-0.4, -0.2) is 22.1 Å². The van der Waals surface area contributed by atoms with Gasteiger partial charge in [-0.1, -0.05) is 20.3 Å². The van der Waals surface area contributed by atoms with Gasteiger partial charge in [-0.3, -0.25) is 9.89 Å². The first-order chi connectivity index (χ1) is 8.61. The molecule has 0 aliphatic heterocycles. The molecule has 0 saturated carbocycles. The fraction of sp³-hybridized carbons (Fsp3) is 0.385. The number of carbonyl (C=O) groups excluding carboxylic acids is 1. The molecule has 2 unspecified atom stereocenters. The molecule has 96 valence electrons. The SMILES string of the molecule is CCC(C)C(N)C(=O)Nc1ccc2cn[nH]c2c1. The van der Waals surface area contributed by atoms with Crippen LogP contribution in [0, 0.1) is 5.92 Å². The van der Waals surface area contributed by atoms with E-state index in [0.29, 0.717) is 0 Å². The molecule has 2 atom stereocenters.